The first-order chi connectivity index (χ1) is 16.7. The summed E-state index contributed by atoms with van der Waals surface area (Å²) in [5, 5.41) is 17.9. The summed E-state index contributed by atoms with van der Waals surface area (Å²) in [4.78, 5) is 10.8. The molecule has 8 heteroatoms. The van der Waals surface area contributed by atoms with E-state index in [9.17, 15) is 10.1 Å². The highest BCUT2D eigenvalue weighted by Gasteiger charge is 2.11. The second-order valence-electron chi connectivity index (χ2n) is 8.45. The molecule has 6 N–H and O–H groups in total. The Hall–Kier alpha value is -4.72. The fourth-order valence-corrected chi connectivity index (χ4v) is 3.67. The molecule has 0 saturated carbocycles. The maximum atomic E-state index is 11.2. The largest absolute Gasteiger partial charge is 0.457 e. The molecule has 0 aliphatic rings. The Morgan fingerprint density at radius 1 is 0.657 bits per heavy atom. The van der Waals surface area contributed by atoms with E-state index >= 15 is 0 Å². The lowest BCUT2D eigenvalue weighted by Gasteiger charge is -2.15. The van der Waals surface area contributed by atoms with Gasteiger partial charge in [0.15, 0.2) is 0 Å². The van der Waals surface area contributed by atoms with Gasteiger partial charge in [0.1, 0.15) is 11.5 Å². The molecule has 4 aromatic rings. The molecule has 178 valence electrons. The summed E-state index contributed by atoms with van der Waals surface area (Å²) in [7, 11) is 0. The minimum atomic E-state index is -0.390. The average Bonchev–Trinajstić information content (AvgIpc) is 2.78. The quantitative estimate of drug-likeness (QED) is 0.131. The normalized spacial score (nSPS) is 10.6. The predicted molar refractivity (Wildman–Crippen MR) is 142 cm³/mol. The van der Waals surface area contributed by atoms with Gasteiger partial charge < -0.3 is 26.8 Å². The van der Waals surface area contributed by atoms with Crippen LogP contribution in [0.3, 0.4) is 0 Å². The number of benzene rings is 4. The number of aryl methyl sites for hydroxylation is 3. The molecule has 0 unspecified atom stereocenters. The van der Waals surface area contributed by atoms with Crippen molar-refractivity contribution in [1.29, 1.82) is 0 Å². The summed E-state index contributed by atoms with van der Waals surface area (Å²) < 4.78 is 6.14. The molecule has 8 nitrogen and oxygen atoms in total. The zero-order chi connectivity index (χ0) is 25.1. The van der Waals surface area contributed by atoms with Crippen molar-refractivity contribution in [3.8, 4) is 11.5 Å². The van der Waals surface area contributed by atoms with Crippen LogP contribution in [0.15, 0.2) is 72.8 Å². The molecule has 0 heterocycles. The van der Waals surface area contributed by atoms with Crippen molar-refractivity contribution in [3.63, 3.8) is 0 Å². The van der Waals surface area contributed by atoms with Gasteiger partial charge in [0.05, 0.1) is 4.92 Å². The van der Waals surface area contributed by atoms with Crippen molar-refractivity contribution in [1.82, 2.24) is 0 Å². The third-order valence-electron chi connectivity index (χ3n) is 5.62. The number of nitrogens with one attached hydrogen (secondary N) is 2. The fourth-order valence-electron chi connectivity index (χ4n) is 3.67. The molecule has 0 spiro atoms. The first kappa shape index (κ1) is 23.4. The lowest BCUT2D eigenvalue weighted by molar-refractivity contribution is -0.385. The Morgan fingerprint density at radius 2 is 1.20 bits per heavy atom. The van der Waals surface area contributed by atoms with Gasteiger partial charge in [-0.1, -0.05) is 0 Å². The van der Waals surface area contributed by atoms with Crippen LogP contribution < -0.4 is 26.8 Å². The van der Waals surface area contributed by atoms with Crippen molar-refractivity contribution in [2.45, 2.75) is 20.8 Å². The Bertz CT molecular complexity index is 1350. The van der Waals surface area contributed by atoms with E-state index in [1.54, 1.807) is 19.1 Å². The van der Waals surface area contributed by atoms with Crippen LogP contribution >= 0.6 is 0 Å². The van der Waals surface area contributed by atoms with E-state index in [1.807, 2.05) is 68.4 Å². The molecule has 0 fully saturated rings. The summed E-state index contributed by atoms with van der Waals surface area (Å²) in [6, 6.07) is 21.8. The molecule has 0 saturated heterocycles. The smallest absolute Gasteiger partial charge is 0.272 e. The Labute approximate surface area is 203 Å². The van der Waals surface area contributed by atoms with Crippen LogP contribution in [0.25, 0.3) is 0 Å². The van der Waals surface area contributed by atoms with Gasteiger partial charge in [-0.15, -0.1) is 0 Å². The van der Waals surface area contributed by atoms with Crippen molar-refractivity contribution in [2.24, 2.45) is 0 Å². The number of nitrogen functional groups attached to an aromatic ring is 2. The highest BCUT2D eigenvalue weighted by molar-refractivity contribution is 5.73. The van der Waals surface area contributed by atoms with Crippen molar-refractivity contribution in [2.75, 3.05) is 22.1 Å². The van der Waals surface area contributed by atoms with Gasteiger partial charge in [-0.05, 0) is 86.5 Å². The van der Waals surface area contributed by atoms with Gasteiger partial charge in [-0.25, -0.2) is 0 Å². The van der Waals surface area contributed by atoms with Crippen LogP contribution in [0.1, 0.15) is 16.7 Å². The van der Waals surface area contributed by atoms with Gasteiger partial charge in [-0.3, -0.25) is 10.1 Å². The Balaban J connectivity index is 1.68. The van der Waals surface area contributed by atoms with Crippen LogP contribution in [0.5, 0.6) is 11.5 Å². The number of nitro groups is 1. The number of ether oxygens (including phenoxy) is 1. The monoisotopic (exact) mass is 469 g/mol. The van der Waals surface area contributed by atoms with Crippen LogP contribution in [-0.2, 0) is 0 Å². The third-order valence-corrected chi connectivity index (χ3v) is 5.62. The van der Waals surface area contributed by atoms with E-state index in [1.165, 1.54) is 6.07 Å². The van der Waals surface area contributed by atoms with Crippen LogP contribution in [0.4, 0.5) is 39.8 Å². The van der Waals surface area contributed by atoms with E-state index in [-0.39, 0.29) is 5.69 Å². The van der Waals surface area contributed by atoms with E-state index < -0.39 is 4.92 Å². The van der Waals surface area contributed by atoms with Gasteiger partial charge in [0, 0.05) is 57.9 Å². The summed E-state index contributed by atoms with van der Waals surface area (Å²) in [5.41, 5.74) is 19.0. The van der Waals surface area contributed by atoms with Crippen LogP contribution in [0.2, 0.25) is 0 Å². The summed E-state index contributed by atoms with van der Waals surface area (Å²) in [5.74, 6) is 1.27. The first-order valence-corrected chi connectivity index (χ1v) is 11.0. The lowest BCUT2D eigenvalue weighted by atomic mass is 10.1. The third kappa shape index (κ3) is 5.62. The molecule has 0 bridgehead atoms. The van der Waals surface area contributed by atoms with Gasteiger partial charge in [-0.2, -0.15) is 0 Å². The molecule has 4 rings (SSSR count). The number of hydrogen-bond donors (Lipinski definition) is 4. The Kier molecular flexibility index (Phi) is 6.46. The minimum absolute atomic E-state index is 0.0763. The molecule has 0 aliphatic heterocycles. The average molecular weight is 470 g/mol. The van der Waals surface area contributed by atoms with E-state index in [2.05, 4.69) is 10.6 Å². The molecule has 0 atom stereocenters. The highest BCUT2D eigenvalue weighted by Crippen LogP contribution is 2.33. The van der Waals surface area contributed by atoms with Gasteiger partial charge in [0.2, 0.25) is 0 Å². The maximum Gasteiger partial charge on any atom is 0.272 e. The SMILES string of the molecule is Cc1cc(Nc2cc(Nc3ccc([N+](=O)[O-])c(C)c3)cc(Oc3ccc(N)c(C)c3)c2)ccc1N. The van der Waals surface area contributed by atoms with Crippen LogP contribution in [-0.4, -0.2) is 4.92 Å². The number of anilines is 6. The molecule has 4 aromatic carbocycles. The summed E-state index contributed by atoms with van der Waals surface area (Å²) in [6.45, 7) is 5.59. The maximum absolute atomic E-state index is 11.2. The molecular weight excluding hydrogens is 442 g/mol. The highest BCUT2D eigenvalue weighted by atomic mass is 16.6. The Morgan fingerprint density at radius 3 is 1.74 bits per heavy atom. The molecule has 0 amide bonds. The molecule has 0 radical (unpaired) electrons. The van der Waals surface area contributed by atoms with Crippen molar-refractivity contribution < 1.29 is 9.66 Å². The minimum Gasteiger partial charge on any atom is -0.457 e. The van der Waals surface area contributed by atoms with E-state index in [0.717, 1.165) is 39.6 Å². The lowest BCUT2D eigenvalue weighted by Crippen LogP contribution is -1.98. The molecular formula is C27H27N5O3. The first-order valence-electron chi connectivity index (χ1n) is 11.0. The predicted octanol–water partition coefficient (Wildman–Crippen LogP) is 6.96. The second-order valence-corrected chi connectivity index (χ2v) is 8.45. The van der Waals surface area contributed by atoms with Gasteiger partial charge >= 0.3 is 0 Å². The topological polar surface area (TPSA) is 128 Å². The van der Waals surface area contributed by atoms with E-state index in [0.29, 0.717) is 22.7 Å². The second kappa shape index (κ2) is 9.64. The zero-order valence-electron chi connectivity index (χ0n) is 19.8. The standard InChI is InChI=1S/C27H27N5O3/c1-16-10-19(4-7-25(16)28)30-21-13-22(31-20-5-9-27(32(33)34)18(3)11-20)15-24(14-21)35-23-6-8-26(29)17(2)12-23/h4-15,30-31H,28-29H2,1-3H3. The number of nitrogens with zero attached hydrogens (tertiary/aromatic N) is 1. The van der Waals surface area contributed by atoms with Gasteiger partial charge in [0.25, 0.3) is 5.69 Å². The summed E-state index contributed by atoms with van der Waals surface area (Å²) in [6.07, 6.45) is 0. The van der Waals surface area contributed by atoms with Crippen LogP contribution in [0, 0.1) is 30.9 Å². The number of hydrogen-bond acceptors (Lipinski definition) is 7. The zero-order valence-corrected chi connectivity index (χ0v) is 19.8. The van der Waals surface area contributed by atoms with E-state index in [4.69, 9.17) is 16.2 Å². The fraction of sp³-hybridized carbons (Fsp3) is 0.111. The number of nitrogens with two attached hydrogens (primary N) is 2. The number of rotatable bonds is 7. The summed E-state index contributed by atoms with van der Waals surface area (Å²) >= 11 is 0. The van der Waals surface area contributed by atoms with Crippen molar-refractivity contribution >= 4 is 39.8 Å². The molecule has 35 heavy (non-hydrogen) atoms. The molecule has 0 aliphatic carbocycles. The van der Waals surface area contributed by atoms with Crippen molar-refractivity contribution in [3.05, 3.63) is 99.6 Å². The number of nitro benzene ring substituents is 1. The molecule has 0 aromatic heterocycles.